The highest BCUT2D eigenvalue weighted by Crippen LogP contribution is 2.30. The molecule has 0 unspecified atom stereocenters. The van der Waals surface area contributed by atoms with Crippen LogP contribution in [-0.2, 0) is 4.79 Å². The Balaban J connectivity index is 1.83. The van der Waals surface area contributed by atoms with Crippen molar-refractivity contribution < 1.29 is 33.4 Å². The van der Waals surface area contributed by atoms with Gasteiger partial charge in [-0.3, -0.25) is 4.79 Å². The van der Waals surface area contributed by atoms with E-state index in [1.54, 1.807) is 12.1 Å². The van der Waals surface area contributed by atoms with E-state index in [4.69, 9.17) is 9.47 Å². The standard InChI is InChI=1S/C25H17FN2O6/c1-33-22-12-15(9-10-21(22)34-25(32)16-5-4-6-18(26)13-16)11-17(14-27)23(29)28-20-8-3-2-7-19(20)24(30)31/h2-13H,1H3,(H,28,29)(H,30,31)/b17-11+. The molecule has 0 bridgehead atoms. The minimum Gasteiger partial charge on any atom is -0.493 e. The number of esters is 1. The molecule has 9 heteroatoms. The van der Waals surface area contributed by atoms with Gasteiger partial charge in [-0.25, -0.2) is 14.0 Å². The van der Waals surface area contributed by atoms with Crippen molar-refractivity contribution in [3.05, 3.63) is 94.8 Å². The van der Waals surface area contributed by atoms with Crippen LogP contribution in [0, 0.1) is 17.1 Å². The van der Waals surface area contributed by atoms with Crippen molar-refractivity contribution in [3.8, 4) is 17.6 Å². The molecule has 3 aromatic rings. The van der Waals surface area contributed by atoms with Crippen LogP contribution in [0.4, 0.5) is 10.1 Å². The smallest absolute Gasteiger partial charge is 0.343 e. The second-order valence-electron chi connectivity index (χ2n) is 6.78. The van der Waals surface area contributed by atoms with Gasteiger partial charge in [-0.2, -0.15) is 5.26 Å². The lowest BCUT2D eigenvalue weighted by molar-refractivity contribution is -0.112. The second kappa shape index (κ2) is 10.6. The van der Waals surface area contributed by atoms with Gasteiger partial charge >= 0.3 is 11.9 Å². The lowest BCUT2D eigenvalue weighted by Crippen LogP contribution is -2.16. The minimum absolute atomic E-state index is 0.0103. The zero-order chi connectivity index (χ0) is 24.7. The lowest BCUT2D eigenvalue weighted by Gasteiger charge is -2.11. The van der Waals surface area contributed by atoms with Crippen LogP contribution >= 0.6 is 0 Å². The van der Waals surface area contributed by atoms with E-state index < -0.39 is 23.7 Å². The summed E-state index contributed by atoms with van der Waals surface area (Å²) in [4.78, 5) is 36.2. The van der Waals surface area contributed by atoms with Crippen LogP contribution in [0.1, 0.15) is 26.3 Å². The van der Waals surface area contributed by atoms with Crippen LogP contribution in [-0.4, -0.2) is 30.1 Å². The molecule has 0 saturated carbocycles. The Morgan fingerprint density at radius 2 is 1.79 bits per heavy atom. The maximum Gasteiger partial charge on any atom is 0.343 e. The van der Waals surface area contributed by atoms with Crippen LogP contribution in [0.15, 0.2) is 72.3 Å². The molecule has 0 heterocycles. The molecule has 8 nitrogen and oxygen atoms in total. The number of aromatic carboxylic acids is 1. The van der Waals surface area contributed by atoms with Gasteiger partial charge in [0, 0.05) is 0 Å². The van der Waals surface area contributed by atoms with Crippen LogP contribution in [0.2, 0.25) is 0 Å². The highest BCUT2D eigenvalue weighted by atomic mass is 19.1. The maximum absolute atomic E-state index is 13.4. The quantitative estimate of drug-likeness (QED) is 0.233. The normalized spacial score (nSPS) is 10.7. The number of methoxy groups -OCH3 is 1. The average molecular weight is 460 g/mol. The number of carboxylic acids is 1. The number of nitriles is 1. The van der Waals surface area contributed by atoms with E-state index in [9.17, 15) is 29.1 Å². The SMILES string of the molecule is COc1cc(/C=C(\C#N)C(=O)Nc2ccccc2C(=O)O)ccc1OC(=O)c1cccc(F)c1. The highest BCUT2D eigenvalue weighted by Gasteiger charge is 2.16. The highest BCUT2D eigenvalue weighted by molar-refractivity contribution is 6.11. The average Bonchev–Trinajstić information content (AvgIpc) is 2.83. The van der Waals surface area contributed by atoms with Crippen molar-refractivity contribution >= 4 is 29.6 Å². The summed E-state index contributed by atoms with van der Waals surface area (Å²) < 4.78 is 23.9. The largest absolute Gasteiger partial charge is 0.493 e. The third-order valence-corrected chi connectivity index (χ3v) is 4.53. The number of hydrogen-bond acceptors (Lipinski definition) is 6. The number of anilines is 1. The summed E-state index contributed by atoms with van der Waals surface area (Å²) in [5.41, 5.74) is 0.00101. The van der Waals surface area contributed by atoms with E-state index in [1.807, 2.05) is 0 Å². The Bertz CT molecular complexity index is 1340. The molecule has 0 radical (unpaired) electrons. The molecule has 2 N–H and O–H groups in total. The van der Waals surface area contributed by atoms with Crippen molar-refractivity contribution in [1.82, 2.24) is 0 Å². The fourth-order valence-corrected chi connectivity index (χ4v) is 2.92. The van der Waals surface area contributed by atoms with Gasteiger partial charge in [0.25, 0.3) is 5.91 Å². The fraction of sp³-hybridized carbons (Fsp3) is 0.0400. The number of benzene rings is 3. The number of halogens is 1. The monoisotopic (exact) mass is 460 g/mol. The molecule has 0 aliphatic heterocycles. The number of amides is 1. The van der Waals surface area contributed by atoms with Crippen LogP contribution in [0.5, 0.6) is 11.5 Å². The topological polar surface area (TPSA) is 126 Å². The molecule has 0 aromatic heterocycles. The van der Waals surface area contributed by atoms with E-state index in [1.165, 1.54) is 67.8 Å². The van der Waals surface area contributed by atoms with Gasteiger partial charge in [0.05, 0.1) is 23.9 Å². The summed E-state index contributed by atoms with van der Waals surface area (Å²) in [6.45, 7) is 0. The Hall–Kier alpha value is -4.97. The molecule has 0 aliphatic carbocycles. The Labute approximate surface area is 193 Å². The summed E-state index contributed by atoms with van der Waals surface area (Å²) in [5.74, 6) is -3.24. The molecule has 3 aromatic carbocycles. The predicted molar refractivity (Wildman–Crippen MR) is 120 cm³/mol. The predicted octanol–water partition coefficient (Wildman–Crippen LogP) is 4.30. The molecule has 3 rings (SSSR count). The lowest BCUT2D eigenvalue weighted by atomic mass is 10.1. The Morgan fingerprint density at radius 3 is 2.47 bits per heavy atom. The van der Waals surface area contributed by atoms with E-state index in [0.29, 0.717) is 5.56 Å². The number of nitrogens with zero attached hydrogens (tertiary/aromatic N) is 1. The third-order valence-electron chi connectivity index (χ3n) is 4.53. The fourth-order valence-electron chi connectivity index (χ4n) is 2.92. The number of ether oxygens (including phenoxy) is 2. The van der Waals surface area contributed by atoms with Crippen LogP contribution < -0.4 is 14.8 Å². The summed E-state index contributed by atoms with van der Waals surface area (Å²) in [5, 5.41) is 21.1. The summed E-state index contributed by atoms with van der Waals surface area (Å²) in [6.07, 6.45) is 1.26. The van der Waals surface area contributed by atoms with Crippen molar-refractivity contribution in [2.75, 3.05) is 12.4 Å². The number of para-hydroxylation sites is 1. The van der Waals surface area contributed by atoms with Crippen molar-refractivity contribution in [2.24, 2.45) is 0 Å². The van der Waals surface area contributed by atoms with E-state index in [0.717, 1.165) is 6.07 Å². The molecule has 170 valence electrons. The molecule has 34 heavy (non-hydrogen) atoms. The van der Waals surface area contributed by atoms with Crippen LogP contribution in [0.3, 0.4) is 0 Å². The Morgan fingerprint density at radius 1 is 1.03 bits per heavy atom. The second-order valence-corrected chi connectivity index (χ2v) is 6.78. The molecule has 0 fully saturated rings. The molecular weight excluding hydrogens is 443 g/mol. The molecule has 0 aliphatic rings. The number of carbonyl (C=O) groups is 3. The summed E-state index contributed by atoms with van der Waals surface area (Å²) in [6, 6.07) is 16.9. The van der Waals surface area contributed by atoms with Crippen molar-refractivity contribution in [3.63, 3.8) is 0 Å². The van der Waals surface area contributed by atoms with E-state index in [-0.39, 0.29) is 33.9 Å². The van der Waals surface area contributed by atoms with Gasteiger partial charge in [0.1, 0.15) is 17.5 Å². The summed E-state index contributed by atoms with van der Waals surface area (Å²) in [7, 11) is 1.34. The van der Waals surface area contributed by atoms with Crippen molar-refractivity contribution in [2.45, 2.75) is 0 Å². The van der Waals surface area contributed by atoms with Crippen LogP contribution in [0.25, 0.3) is 6.08 Å². The van der Waals surface area contributed by atoms with Gasteiger partial charge in [-0.05, 0) is 54.1 Å². The number of carbonyl (C=O) groups excluding carboxylic acids is 2. The van der Waals surface area contributed by atoms with E-state index >= 15 is 0 Å². The maximum atomic E-state index is 13.4. The third kappa shape index (κ3) is 5.63. The molecule has 0 spiro atoms. The number of carboxylic acid groups (broad SMARTS) is 1. The number of rotatable bonds is 7. The minimum atomic E-state index is -1.23. The number of nitrogens with one attached hydrogen (secondary N) is 1. The first-order valence-electron chi connectivity index (χ1n) is 9.73. The van der Waals surface area contributed by atoms with E-state index in [2.05, 4.69) is 5.32 Å². The summed E-state index contributed by atoms with van der Waals surface area (Å²) >= 11 is 0. The molecule has 1 amide bonds. The van der Waals surface area contributed by atoms with Gasteiger partial charge in [-0.1, -0.05) is 24.3 Å². The molecule has 0 saturated heterocycles. The van der Waals surface area contributed by atoms with Gasteiger partial charge < -0.3 is 19.9 Å². The van der Waals surface area contributed by atoms with Gasteiger partial charge in [0.2, 0.25) is 0 Å². The first-order chi connectivity index (χ1) is 16.3. The first-order valence-corrected chi connectivity index (χ1v) is 9.73. The van der Waals surface area contributed by atoms with Gasteiger partial charge in [-0.15, -0.1) is 0 Å². The zero-order valence-electron chi connectivity index (χ0n) is 17.7. The number of hydrogen-bond donors (Lipinski definition) is 2. The molecule has 0 atom stereocenters. The molecular formula is C25H17FN2O6. The van der Waals surface area contributed by atoms with Crippen molar-refractivity contribution in [1.29, 1.82) is 5.26 Å². The Kier molecular flexibility index (Phi) is 7.36. The van der Waals surface area contributed by atoms with Gasteiger partial charge in [0.15, 0.2) is 11.5 Å². The zero-order valence-corrected chi connectivity index (χ0v) is 17.7. The first kappa shape index (κ1) is 23.7.